The topological polar surface area (TPSA) is 92.1 Å². The van der Waals surface area contributed by atoms with E-state index >= 15 is 0 Å². The number of esters is 1. The van der Waals surface area contributed by atoms with Crippen LogP contribution in [-0.2, 0) is 4.74 Å². The molecule has 0 bridgehead atoms. The number of para-hydroxylation sites is 3. The molecule has 27 heavy (non-hydrogen) atoms. The molecule has 7 nitrogen and oxygen atoms in total. The minimum atomic E-state index is -0.582. The van der Waals surface area contributed by atoms with Crippen LogP contribution in [0.3, 0.4) is 0 Å². The van der Waals surface area contributed by atoms with Crippen molar-refractivity contribution in [2.75, 3.05) is 12.8 Å². The number of methoxy groups -OCH3 is 1. The van der Waals surface area contributed by atoms with Crippen molar-refractivity contribution < 1.29 is 9.53 Å². The summed E-state index contributed by atoms with van der Waals surface area (Å²) in [4.78, 5) is 25.3. The number of nitrogen functional groups attached to an aromatic ring is 1. The summed E-state index contributed by atoms with van der Waals surface area (Å²) < 4.78 is 7.80. The van der Waals surface area contributed by atoms with E-state index in [1.54, 1.807) is 41.2 Å². The molecule has 7 heteroatoms. The quantitative estimate of drug-likeness (QED) is 0.448. The van der Waals surface area contributed by atoms with Crippen LogP contribution in [0.15, 0.2) is 71.8 Å². The second kappa shape index (κ2) is 6.45. The van der Waals surface area contributed by atoms with Crippen molar-refractivity contribution >= 4 is 11.7 Å². The van der Waals surface area contributed by atoms with E-state index in [2.05, 4.69) is 5.10 Å². The molecule has 2 aromatic rings. The van der Waals surface area contributed by atoms with Gasteiger partial charge in [0.2, 0.25) is 0 Å². The normalized spacial score (nSPS) is 10.9. The minimum Gasteiger partial charge on any atom is -0.465 e. The Morgan fingerprint density at radius 1 is 1.04 bits per heavy atom. The molecule has 134 valence electrons. The molecule has 0 spiro atoms. The molecular weight excluding hydrogens is 344 g/mol. The van der Waals surface area contributed by atoms with E-state index in [-0.39, 0.29) is 16.8 Å². The Labute approximate surface area is 154 Å². The summed E-state index contributed by atoms with van der Waals surface area (Å²) in [6.07, 6.45) is 3.20. The number of nitrogens with zero attached hydrogens (tertiary/aromatic N) is 3. The molecule has 2 N–H and O–H groups in total. The molecule has 0 atom stereocenters. The van der Waals surface area contributed by atoms with Crippen LogP contribution in [-0.4, -0.2) is 27.4 Å². The molecular formula is C20H16N4O3. The number of nitrogens with two attached hydrogens (primary N) is 1. The highest BCUT2D eigenvalue weighted by atomic mass is 16.5. The van der Waals surface area contributed by atoms with Crippen molar-refractivity contribution in [1.82, 2.24) is 14.3 Å². The van der Waals surface area contributed by atoms with Crippen LogP contribution in [0.2, 0.25) is 0 Å². The number of carbonyl (C=O) groups is 1. The zero-order valence-electron chi connectivity index (χ0n) is 14.5. The molecule has 0 saturated heterocycles. The van der Waals surface area contributed by atoms with Crippen molar-refractivity contribution in [2.24, 2.45) is 0 Å². The van der Waals surface area contributed by atoms with Gasteiger partial charge in [0.05, 0.1) is 29.7 Å². The van der Waals surface area contributed by atoms with Gasteiger partial charge in [0.15, 0.2) is 0 Å². The van der Waals surface area contributed by atoms with E-state index in [9.17, 15) is 9.59 Å². The average Bonchev–Trinajstić information content (AvgIpc) is 3.04. The Kier molecular flexibility index (Phi) is 3.97. The predicted octanol–water partition coefficient (Wildman–Crippen LogP) is 2.50. The highest BCUT2D eigenvalue weighted by Crippen LogP contribution is 2.26. The Morgan fingerprint density at radius 3 is 2.44 bits per heavy atom. The Balaban J connectivity index is 2.03. The molecule has 0 aliphatic carbocycles. The van der Waals surface area contributed by atoms with E-state index in [1.807, 2.05) is 30.3 Å². The number of anilines is 1. The van der Waals surface area contributed by atoms with Crippen molar-refractivity contribution in [3.05, 3.63) is 82.9 Å². The van der Waals surface area contributed by atoms with Gasteiger partial charge in [-0.25, -0.2) is 4.79 Å². The summed E-state index contributed by atoms with van der Waals surface area (Å²) >= 11 is 0. The molecule has 0 unspecified atom stereocenters. The zero-order chi connectivity index (χ0) is 19.0. The number of hydrogen-bond acceptors (Lipinski definition) is 5. The summed E-state index contributed by atoms with van der Waals surface area (Å²) in [5.41, 5.74) is 8.26. The number of carbonyl (C=O) groups excluding carboxylic acids is 1. The fourth-order valence-corrected chi connectivity index (χ4v) is 2.97. The van der Waals surface area contributed by atoms with Crippen LogP contribution in [0.4, 0.5) is 5.69 Å². The maximum atomic E-state index is 13.0. The first-order valence-corrected chi connectivity index (χ1v) is 8.24. The number of ether oxygens (including phenoxy) is 1. The maximum absolute atomic E-state index is 13.0. The molecule has 2 aliphatic rings. The van der Waals surface area contributed by atoms with Crippen LogP contribution < -0.4 is 11.3 Å². The third-order valence-corrected chi connectivity index (χ3v) is 4.29. The van der Waals surface area contributed by atoms with Crippen LogP contribution in [0.25, 0.3) is 22.6 Å². The van der Waals surface area contributed by atoms with Crippen molar-refractivity contribution in [3.8, 4) is 22.6 Å². The smallest absolute Gasteiger partial charge is 0.341 e. The monoisotopic (exact) mass is 360 g/mol. The molecule has 0 fully saturated rings. The van der Waals surface area contributed by atoms with E-state index < -0.39 is 5.97 Å². The van der Waals surface area contributed by atoms with E-state index in [0.29, 0.717) is 22.6 Å². The average molecular weight is 360 g/mol. The van der Waals surface area contributed by atoms with Crippen molar-refractivity contribution in [3.63, 3.8) is 0 Å². The van der Waals surface area contributed by atoms with Gasteiger partial charge in [0.1, 0.15) is 11.3 Å². The van der Waals surface area contributed by atoms with Gasteiger partial charge in [0.25, 0.3) is 5.56 Å². The van der Waals surface area contributed by atoms with Gasteiger partial charge in [-0.3, -0.25) is 4.79 Å². The summed E-state index contributed by atoms with van der Waals surface area (Å²) in [5, 5.41) is 4.37. The first kappa shape index (κ1) is 16.6. The lowest BCUT2D eigenvalue weighted by molar-refractivity contribution is 0.0600. The molecule has 0 radical (unpaired) electrons. The van der Waals surface area contributed by atoms with Crippen molar-refractivity contribution in [1.29, 1.82) is 0 Å². The summed E-state index contributed by atoms with van der Waals surface area (Å²) in [6.45, 7) is 0. The number of hydrogen-bond donors (Lipinski definition) is 1. The number of fused-ring (bicyclic) bond motifs is 1. The summed E-state index contributed by atoms with van der Waals surface area (Å²) in [6, 6.07) is 16.2. The fraction of sp³-hybridized carbons (Fsp3) is 0.0500. The van der Waals surface area contributed by atoms with E-state index in [4.69, 9.17) is 10.5 Å². The minimum absolute atomic E-state index is 0.185. The molecule has 0 aromatic heterocycles. The van der Waals surface area contributed by atoms with Gasteiger partial charge in [0, 0.05) is 12.4 Å². The SMILES string of the molecule is COC(=O)c1cn(-c2ccccc2N)cc2c(=O)n(-c3ccccc3)nc1-2. The van der Waals surface area contributed by atoms with Gasteiger partial charge >= 0.3 is 5.97 Å². The van der Waals surface area contributed by atoms with Gasteiger partial charge < -0.3 is 15.0 Å². The Bertz CT molecular complexity index is 1160. The van der Waals surface area contributed by atoms with Gasteiger partial charge in [-0.15, -0.1) is 0 Å². The predicted molar refractivity (Wildman–Crippen MR) is 102 cm³/mol. The molecule has 0 saturated carbocycles. The van der Waals surface area contributed by atoms with Gasteiger partial charge in [-0.2, -0.15) is 9.78 Å². The third-order valence-electron chi connectivity index (χ3n) is 4.29. The number of pyridine rings is 1. The van der Waals surface area contributed by atoms with Gasteiger partial charge in [-0.05, 0) is 24.3 Å². The van der Waals surface area contributed by atoms with E-state index in [1.165, 1.54) is 11.8 Å². The largest absolute Gasteiger partial charge is 0.465 e. The zero-order valence-corrected chi connectivity index (χ0v) is 14.5. The molecule has 2 aromatic carbocycles. The van der Waals surface area contributed by atoms with Gasteiger partial charge in [-0.1, -0.05) is 30.3 Å². The van der Waals surface area contributed by atoms with E-state index in [0.717, 1.165) is 0 Å². The molecule has 4 rings (SSSR count). The highest BCUT2D eigenvalue weighted by molar-refractivity contribution is 5.96. The van der Waals surface area contributed by atoms with Crippen molar-refractivity contribution in [2.45, 2.75) is 0 Å². The highest BCUT2D eigenvalue weighted by Gasteiger charge is 2.25. The summed E-state index contributed by atoms with van der Waals surface area (Å²) in [5.74, 6) is -0.582. The number of aromatic nitrogens is 3. The maximum Gasteiger partial charge on any atom is 0.341 e. The Morgan fingerprint density at radius 2 is 1.74 bits per heavy atom. The first-order chi connectivity index (χ1) is 13.1. The first-order valence-electron chi connectivity index (χ1n) is 8.24. The number of rotatable bonds is 3. The second-order valence-corrected chi connectivity index (χ2v) is 5.94. The molecule has 2 aliphatic heterocycles. The lowest BCUT2D eigenvalue weighted by Gasteiger charge is -2.13. The lowest BCUT2D eigenvalue weighted by atomic mass is 10.1. The number of benzene rings is 2. The third kappa shape index (κ3) is 2.75. The Hall–Kier alpha value is -3.87. The summed E-state index contributed by atoms with van der Waals surface area (Å²) in [7, 11) is 1.29. The molecule has 0 amide bonds. The lowest BCUT2D eigenvalue weighted by Crippen LogP contribution is -2.15. The van der Waals surface area contributed by atoms with Crippen LogP contribution in [0.1, 0.15) is 10.4 Å². The van der Waals surface area contributed by atoms with Crippen LogP contribution in [0.5, 0.6) is 0 Å². The van der Waals surface area contributed by atoms with Crippen LogP contribution >= 0.6 is 0 Å². The fourth-order valence-electron chi connectivity index (χ4n) is 2.97. The second-order valence-electron chi connectivity index (χ2n) is 5.94. The standard InChI is InChI=1S/C20H16N4O3/c1-27-20(26)15-12-23(17-10-6-5-9-16(17)21)11-14-18(15)22-24(19(14)25)13-7-3-2-4-8-13/h2-12H,21H2,1H3. The molecule has 2 heterocycles. The van der Waals surface area contributed by atoms with Crippen LogP contribution in [0, 0.1) is 0 Å².